The molecular formula is C18H26N2O5. The Balaban J connectivity index is 2.54. The van der Waals surface area contributed by atoms with Crippen LogP contribution in [0.2, 0.25) is 0 Å². The van der Waals surface area contributed by atoms with Gasteiger partial charge in [-0.1, -0.05) is 30.3 Å². The van der Waals surface area contributed by atoms with Crippen LogP contribution in [0.3, 0.4) is 0 Å². The number of hydrogen-bond donors (Lipinski definition) is 3. The first-order valence-corrected chi connectivity index (χ1v) is 8.09. The average molecular weight is 350 g/mol. The van der Waals surface area contributed by atoms with Crippen molar-refractivity contribution < 1.29 is 24.2 Å². The Morgan fingerprint density at radius 2 is 1.72 bits per heavy atom. The summed E-state index contributed by atoms with van der Waals surface area (Å²) in [6.07, 6.45) is 0.147. The average Bonchev–Trinajstić information content (AvgIpc) is 2.51. The van der Waals surface area contributed by atoms with Gasteiger partial charge in [-0.3, -0.25) is 9.59 Å². The number of hydrogen-bond acceptors (Lipinski definition) is 5. The van der Waals surface area contributed by atoms with Gasteiger partial charge < -0.3 is 20.5 Å². The lowest BCUT2D eigenvalue weighted by Crippen LogP contribution is -2.52. The number of rotatable bonds is 7. The van der Waals surface area contributed by atoms with Gasteiger partial charge in [0.1, 0.15) is 11.6 Å². The van der Waals surface area contributed by atoms with Crippen LogP contribution >= 0.6 is 0 Å². The number of carbonyl (C=O) groups is 3. The van der Waals surface area contributed by atoms with Gasteiger partial charge in [-0.25, -0.2) is 4.79 Å². The number of aliphatic hydroxyl groups is 1. The fourth-order valence-corrected chi connectivity index (χ4v) is 1.99. The minimum atomic E-state index is -1.18. The fraction of sp³-hybridized carbons (Fsp3) is 0.500. The highest BCUT2D eigenvalue weighted by atomic mass is 16.6. The second-order valence-electron chi connectivity index (χ2n) is 6.73. The summed E-state index contributed by atoms with van der Waals surface area (Å²) in [4.78, 5) is 36.0. The molecule has 0 bridgehead atoms. The first-order valence-electron chi connectivity index (χ1n) is 8.09. The van der Waals surface area contributed by atoms with Crippen LogP contribution in [0.1, 0.15) is 33.3 Å². The van der Waals surface area contributed by atoms with Crippen molar-refractivity contribution in [2.24, 2.45) is 0 Å². The lowest BCUT2D eigenvalue weighted by molar-refractivity contribution is -0.159. The summed E-state index contributed by atoms with van der Waals surface area (Å²) in [5, 5.41) is 14.2. The highest BCUT2D eigenvalue weighted by Crippen LogP contribution is 2.08. The smallest absolute Gasteiger partial charge is 0.331 e. The molecule has 25 heavy (non-hydrogen) atoms. The summed E-state index contributed by atoms with van der Waals surface area (Å²) in [6.45, 7) is 5.97. The maximum absolute atomic E-state index is 12.1. The van der Waals surface area contributed by atoms with E-state index in [0.29, 0.717) is 0 Å². The number of benzene rings is 1. The Kier molecular flexibility index (Phi) is 7.57. The molecule has 0 radical (unpaired) electrons. The molecule has 2 atom stereocenters. The SMILES string of the molecule is C[C@H](NC(=O)Cc1ccccc1)C(=O)N[C@@H](CO)C(=O)OC(C)(C)C. The molecule has 0 saturated carbocycles. The Morgan fingerprint density at radius 1 is 1.12 bits per heavy atom. The lowest BCUT2D eigenvalue weighted by Gasteiger charge is -2.24. The Hall–Kier alpha value is -2.41. The van der Waals surface area contributed by atoms with Gasteiger partial charge >= 0.3 is 5.97 Å². The lowest BCUT2D eigenvalue weighted by atomic mass is 10.1. The zero-order chi connectivity index (χ0) is 19.0. The summed E-state index contributed by atoms with van der Waals surface area (Å²) < 4.78 is 5.13. The van der Waals surface area contributed by atoms with Crippen LogP contribution < -0.4 is 10.6 Å². The van der Waals surface area contributed by atoms with Gasteiger partial charge in [0.05, 0.1) is 13.0 Å². The van der Waals surface area contributed by atoms with Crippen molar-refractivity contribution in [3.05, 3.63) is 35.9 Å². The standard InChI is InChI=1S/C18H26N2O5/c1-12(19-15(22)10-13-8-6-5-7-9-13)16(23)20-14(11-21)17(24)25-18(2,3)4/h5-9,12,14,21H,10-11H2,1-4H3,(H,19,22)(H,20,23)/t12-,14-/m0/s1. The molecule has 2 amide bonds. The van der Waals surface area contributed by atoms with E-state index in [2.05, 4.69) is 10.6 Å². The minimum absolute atomic E-state index is 0.147. The summed E-state index contributed by atoms with van der Waals surface area (Å²) >= 11 is 0. The zero-order valence-electron chi connectivity index (χ0n) is 15.0. The van der Waals surface area contributed by atoms with Crippen LogP contribution in [-0.2, 0) is 25.5 Å². The fourth-order valence-electron chi connectivity index (χ4n) is 1.99. The first kappa shape index (κ1) is 20.6. The van der Waals surface area contributed by atoms with Crippen molar-refractivity contribution in [2.45, 2.75) is 51.8 Å². The molecule has 0 saturated heterocycles. The molecule has 0 fully saturated rings. The molecule has 0 spiro atoms. The van der Waals surface area contributed by atoms with Crippen LogP contribution in [0, 0.1) is 0 Å². The zero-order valence-corrected chi connectivity index (χ0v) is 15.0. The van der Waals surface area contributed by atoms with E-state index < -0.39 is 36.2 Å². The third kappa shape index (κ3) is 7.80. The van der Waals surface area contributed by atoms with Crippen LogP contribution in [-0.4, -0.2) is 47.2 Å². The van der Waals surface area contributed by atoms with E-state index in [0.717, 1.165) is 5.56 Å². The van der Waals surface area contributed by atoms with Gasteiger partial charge in [-0.05, 0) is 33.3 Å². The Bertz CT molecular complexity index is 595. The van der Waals surface area contributed by atoms with E-state index in [1.165, 1.54) is 6.92 Å². The monoisotopic (exact) mass is 350 g/mol. The van der Waals surface area contributed by atoms with E-state index in [-0.39, 0.29) is 12.3 Å². The predicted octanol–water partition coefficient (Wildman–Crippen LogP) is 0.553. The Labute approximate surface area is 147 Å². The number of ether oxygens (including phenoxy) is 1. The molecule has 0 aliphatic rings. The van der Waals surface area contributed by atoms with Gasteiger partial charge in [0.15, 0.2) is 6.04 Å². The number of amides is 2. The second-order valence-corrected chi connectivity index (χ2v) is 6.73. The molecule has 7 nitrogen and oxygen atoms in total. The van der Waals surface area contributed by atoms with E-state index in [1.54, 1.807) is 20.8 Å². The molecule has 7 heteroatoms. The second kappa shape index (κ2) is 9.17. The molecule has 0 heterocycles. The minimum Gasteiger partial charge on any atom is -0.458 e. The van der Waals surface area contributed by atoms with E-state index in [1.807, 2.05) is 30.3 Å². The third-order valence-electron chi connectivity index (χ3n) is 3.17. The maximum Gasteiger partial charge on any atom is 0.331 e. The van der Waals surface area contributed by atoms with Crippen molar-refractivity contribution in [3.8, 4) is 0 Å². The van der Waals surface area contributed by atoms with Gasteiger partial charge in [0.2, 0.25) is 11.8 Å². The number of carbonyl (C=O) groups excluding carboxylic acids is 3. The highest BCUT2D eigenvalue weighted by Gasteiger charge is 2.28. The van der Waals surface area contributed by atoms with Crippen molar-refractivity contribution in [2.75, 3.05) is 6.61 Å². The first-order chi connectivity index (χ1) is 11.6. The van der Waals surface area contributed by atoms with Crippen molar-refractivity contribution in [1.82, 2.24) is 10.6 Å². The van der Waals surface area contributed by atoms with Gasteiger partial charge in [0.25, 0.3) is 0 Å². The van der Waals surface area contributed by atoms with Crippen molar-refractivity contribution in [3.63, 3.8) is 0 Å². The maximum atomic E-state index is 12.1. The van der Waals surface area contributed by atoms with Crippen molar-refractivity contribution in [1.29, 1.82) is 0 Å². The number of aliphatic hydroxyl groups excluding tert-OH is 1. The number of nitrogens with one attached hydrogen (secondary N) is 2. The summed E-state index contributed by atoms with van der Waals surface area (Å²) in [6, 6.07) is 7.09. The summed E-state index contributed by atoms with van der Waals surface area (Å²) in [7, 11) is 0. The van der Waals surface area contributed by atoms with Crippen LogP contribution in [0.4, 0.5) is 0 Å². The van der Waals surface area contributed by atoms with E-state index in [4.69, 9.17) is 4.74 Å². The predicted molar refractivity (Wildman–Crippen MR) is 92.6 cm³/mol. The van der Waals surface area contributed by atoms with Crippen molar-refractivity contribution >= 4 is 17.8 Å². The molecule has 0 aliphatic heterocycles. The Morgan fingerprint density at radius 3 is 2.24 bits per heavy atom. The molecule has 1 aromatic carbocycles. The number of esters is 1. The summed E-state index contributed by atoms with van der Waals surface area (Å²) in [5.41, 5.74) is 0.0969. The molecule has 0 aliphatic carbocycles. The molecule has 138 valence electrons. The molecule has 0 unspecified atom stereocenters. The van der Waals surface area contributed by atoms with E-state index in [9.17, 15) is 19.5 Å². The molecular weight excluding hydrogens is 324 g/mol. The summed E-state index contributed by atoms with van der Waals surface area (Å²) in [5.74, 6) is -1.62. The van der Waals surface area contributed by atoms with Gasteiger partial charge in [-0.15, -0.1) is 0 Å². The quantitative estimate of drug-likeness (QED) is 0.623. The molecule has 1 aromatic rings. The topological polar surface area (TPSA) is 105 Å². The largest absolute Gasteiger partial charge is 0.458 e. The molecule has 3 N–H and O–H groups in total. The normalized spacial score (nSPS) is 13.5. The van der Waals surface area contributed by atoms with Gasteiger partial charge in [0, 0.05) is 0 Å². The van der Waals surface area contributed by atoms with E-state index >= 15 is 0 Å². The van der Waals surface area contributed by atoms with Crippen LogP contribution in [0.15, 0.2) is 30.3 Å². The van der Waals surface area contributed by atoms with Crippen LogP contribution in [0.5, 0.6) is 0 Å². The third-order valence-corrected chi connectivity index (χ3v) is 3.17. The molecule has 1 rings (SSSR count). The highest BCUT2D eigenvalue weighted by molar-refractivity contribution is 5.91. The molecule has 0 aromatic heterocycles. The van der Waals surface area contributed by atoms with Crippen LogP contribution in [0.25, 0.3) is 0 Å². The van der Waals surface area contributed by atoms with Gasteiger partial charge in [-0.2, -0.15) is 0 Å².